The summed E-state index contributed by atoms with van der Waals surface area (Å²) in [5.41, 5.74) is 0. The van der Waals surface area contributed by atoms with Gasteiger partial charge in [-0.3, -0.25) is 0 Å². The summed E-state index contributed by atoms with van der Waals surface area (Å²) >= 11 is 22.1. The first-order valence-corrected chi connectivity index (χ1v) is 24.1. The van der Waals surface area contributed by atoms with E-state index in [0.717, 1.165) is 18.2 Å². The van der Waals surface area contributed by atoms with Gasteiger partial charge in [0.1, 0.15) is 0 Å². The molecule has 0 aliphatic carbocycles. The largest absolute Gasteiger partial charge is 0.341 e. The lowest BCUT2D eigenvalue weighted by Gasteiger charge is -2.07. The number of unbranched alkanes of at least 4 members (excludes halogenated alkanes) is 32. The van der Waals surface area contributed by atoms with Crippen LogP contribution in [-0.2, 0) is 0 Å². The Morgan fingerprint density at radius 2 is 0.400 bits per heavy atom. The molecule has 0 aliphatic heterocycles. The number of thiol groups is 1. The molecule has 0 amide bonds. The average Bonchev–Trinajstić information content (AvgIpc) is 2.92. The first-order valence-electron chi connectivity index (χ1n) is 18.2. The van der Waals surface area contributed by atoms with E-state index in [1.807, 2.05) is 0 Å². The molecule has 0 aromatic rings. The van der Waals surface area contributed by atoms with Gasteiger partial charge in [-0.05, 0) is 18.2 Å². The van der Waals surface area contributed by atoms with E-state index < -0.39 is 6.00 Å². The quantitative estimate of drug-likeness (QED) is 0.0298. The molecule has 0 heterocycles. The third kappa shape index (κ3) is 39.4. The maximum absolute atomic E-state index is 5.93. The van der Waals surface area contributed by atoms with Crippen LogP contribution in [0.4, 0.5) is 0 Å². The number of hydrogen-bond acceptors (Lipinski definition) is 1. The predicted molar refractivity (Wildman–Crippen MR) is 194 cm³/mol. The molecule has 0 saturated carbocycles. The van der Waals surface area contributed by atoms with Crippen molar-refractivity contribution in [3.05, 3.63) is 0 Å². The molecule has 0 saturated heterocycles. The van der Waals surface area contributed by atoms with Gasteiger partial charge in [0.25, 0.3) is 0 Å². The van der Waals surface area contributed by atoms with Crippen LogP contribution in [-0.4, -0.2) is 11.8 Å². The molecule has 0 aromatic heterocycles. The Kier molecular flexibility index (Phi) is 36.2. The van der Waals surface area contributed by atoms with Crippen LogP contribution in [0.1, 0.15) is 212 Å². The van der Waals surface area contributed by atoms with Crippen LogP contribution < -0.4 is 0 Å². The first-order chi connectivity index (χ1) is 19.6. The van der Waals surface area contributed by atoms with Crippen molar-refractivity contribution in [1.29, 1.82) is 0 Å². The van der Waals surface area contributed by atoms with Gasteiger partial charge in [0.15, 0.2) is 0 Å². The monoisotopic (exact) mass is 656 g/mol. The van der Waals surface area contributed by atoms with Crippen molar-refractivity contribution in [2.75, 3.05) is 5.75 Å². The molecule has 0 aliphatic rings. The van der Waals surface area contributed by atoms with Crippen molar-refractivity contribution in [3.63, 3.8) is 0 Å². The molecule has 0 rings (SSSR count). The third-order valence-electron chi connectivity index (χ3n) is 8.62. The van der Waals surface area contributed by atoms with Crippen molar-refractivity contribution in [2.24, 2.45) is 0 Å². The fraction of sp³-hybridized carbons (Fsp3) is 1.00. The summed E-state index contributed by atoms with van der Waals surface area (Å²) in [5, 5.41) is 0. The van der Waals surface area contributed by atoms with Gasteiger partial charge in [0, 0.05) is 0 Å². The molecule has 242 valence electrons. The minimum Gasteiger partial charge on any atom is -0.179 e. The Balaban J connectivity index is 3.04. The molecular weight excluding hydrogens is 587 g/mol. The van der Waals surface area contributed by atoms with Gasteiger partial charge in [-0.1, -0.05) is 205 Å². The minimum absolute atomic E-state index is 0.830. The van der Waals surface area contributed by atoms with Crippen molar-refractivity contribution >= 4 is 51.9 Å². The highest BCUT2D eigenvalue weighted by Gasteiger charge is 2.23. The van der Waals surface area contributed by atoms with E-state index in [1.165, 1.54) is 205 Å². The molecule has 0 fully saturated rings. The van der Waals surface area contributed by atoms with E-state index >= 15 is 0 Å². The number of halogens is 3. The second-order valence-corrected chi connectivity index (χ2v) is 22.5. The zero-order valence-corrected chi connectivity index (χ0v) is 31.0. The smallest absolute Gasteiger partial charge is 0.179 e. The standard InChI is InChI=1S/C35H71Cl3SSi/c36-40(37,38)35-33-31-29-27-25-23-21-19-17-15-13-11-9-7-5-3-1-2-4-6-8-10-12-14-16-18-20-22-24-26-28-30-32-34-39/h39H,1-35H2. The molecule has 40 heavy (non-hydrogen) atoms. The van der Waals surface area contributed by atoms with Crippen LogP contribution in [0, 0.1) is 0 Å². The van der Waals surface area contributed by atoms with Crippen molar-refractivity contribution in [2.45, 2.75) is 218 Å². The van der Waals surface area contributed by atoms with Crippen molar-refractivity contribution in [3.8, 4) is 0 Å². The fourth-order valence-electron chi connectivity index (χ4n) is 5.92. The van der Waals surface area contributed by atoms with Gasteiger partial charge < -0.3 is 0 Å². The summed E-state index contributed by atoms with van der Waals surface area (Å²) in [6, 6.07) is -1.54. The van der Waals surface area contributed by atoms with Crippen molar-refractivity contribution in [1.82, 2.24) is 0 Å². The minimum atomic E-state index is -2.37. The summed E-state index contributed by atoms with van der Waals surface area (Å²) in [6.45, 7) is 0. The van der Waals surface area contributed by atoms with E-state index in [2.05, 4.69) is 12.6 Å². The van der Waals surface area contributed by atoms with Gasteiger partial charge >= 0.3 is 6.00 Å². The molecule has 0 N–H and O–H groups in total. The van der Waals surface area contributed by atoms with Gasteiger partial charge in [-0.25, -0.2) is 0 Å². The van der Waals surface area contributed by atoms with E-state index in [9.17, 15) is 0 Å². The maximum atomic E-state index is 5.93. The van der Waals surface area contributed by atoms with Crippen LogP contribution in [0.3, 0.4) is 0 Å². The fourth-order valence-corrected chi connectivity index (χ4v) is 7.99. The molecule has 0 atom stereocenters. The first kappa shape index (κ1) is 41.4. The Morgan fingerprint density at radius 1 is 0.250 bits per heavy atom. The van der Waals surface area contributed by atoms with Crippen molar-refractivity contribution < 1.29 is 0 Å². The summed E-state index contributed by atoms with van der Waals surface area (Å²) in [7, 11) is 0. The Labute approximate surface area is 274 Å². The van der Waals surface area contributed by atoms with Crippen LogP contribution in [0.25, 0.3) is 0 Å². The molecule has 0 radical (unpaired) electrons. The van der Waals surface area contributed by atoms with E-state index in [1.54, 1.807) is 0 Å². The lowest BCUT2D eigenvalue weighted by Crippen LogP contribution is -2.07. The van der Waals surface area contributed by atoms with Crippen LogP contribution in [0.2, 0.25) is 6.04 Å². The summed E-state index contributed by atoms with van der Waals surface area (Å²) in [4.78, 5) is 0. The highest BCUT2D eigenvalue weighted by molar-refractivity contribution is 7.80. The lowest BCUT2D eigenvalue weighted by molar-refractivity contribution is 0.512. The molecule has 0 bridgehead atoms. The van der Waals surface area contributed by atoms with E-state index in [4.69, 9.17) is 33.2 Å². The second-order valence-electron chi connectivity index (χ2n) is 12.8. The second kappa shape index (κ2) is 34.9. The van der Waals surface area contributed by atoms with Crippen LogP contribution in [0.5, 0.6) is 0 Å². The summed E-state index contributed by atoms with van der Waals surface area (Å²) in [6.07, 6.45) is 47.2. The van der Waals surface area contributed by atoms with Gasteiger partial charge in [-0.2, -0.15) is 12.6 Å². The zero-order valence-electron chi connectivity index (χ0n) is 26.8. The maximum Gasteiger partial charge on any atom is 0.341 e. The molecule has 0 aromatic carbocycles. The number of hydrogen-bond donors (Lipinski definition) is 1. The normalized spacial score (nSPS) is 12.0. The number of rotatable bonds is 35. The zero-order chi connectivity index (χ0) is 29.2. The topological polar surface area (TPSA) is 0 Å². The predicted octanol–water partition coefficient (Wildman–Crippen LogP) is 15.4. The molecule has 0 spiro atoms. The van der Waals surface area contributed by atoms with Gasteiger partial charge in [0.05, 0.1) is 0 Å². The highest BCUT2D eigenvalue weighted by atomic mass is 35.8. The molecule has 5 heteroatoms. The van der Waals surface area contributed by atoms with E-state index in [-0.39, 0.29) is 0 Å². The van der Waals surface area contributed by atoms with Crippen LogP contribution in [0.15, 0.2) is 0 Å². The Morgan fingerprint density at radius 3 is 0.550 bits per heavy atom. The molecule has 0 nitrogen and oxygen atoms in total. The Bertz CT molecular complexity index is 458. The third-order valence-corrected chi connectivity index (χ3v) is 11.6. The summed E-state index contributed by atoms with van der Waals surface area (Å²) in [5.74, 6) is 1.06. The van der Waals surface area contributed by atoms with Gasteiger partial charge in [0.2, 0.25) is 0 Å². The SMILES string of the molecule is SCCCCCCCCCCCCCCCCCCCCCCCCCCCCCCCCCCC[Si](Cl)(Cl)Cl. The molecular formula is C35H71Cl3SSi. The Hall–Kier alpha value is 1.44. The molecule has 0 unspecified atom stereocenters. The highest BCUT2D eigenvalue weighted by Crippen LogP contribution is 2.27. The summed E-state index contributed by atoms with van der Waals surface area (Å²) < 4.78 is 0. The van der Waals surface area contributed by atoms with Crippen LogP contribution >= 0.6 is 45.9 Å². The van der Waals surface area contributed by atoms with E-state index in [0.29, 0.717) is 0 Å². The lowest BCUT2D eigenvalue weighted by atomic mass is 10.0. The van der Waals surface area contributed by atoms with Gasteiger partial charge in [-0.15, -0.1) is 33.2 Å². The average molecular weight is 658 g/mol.